The van der Waals surface area contributed by atoms with E-state index in [9.17, 15) is 18.0 Å². The number of aliphatic imine (C=N–C) groups is 1. The van der Waals surface area contributed by atoms with Crippen LogP contribution in [0.4, 0.5) is 13.2 Å². The number of likely N-dealkylation sites (N-methyl/N-ethyl adjacent to an activating group) is 1. The van der Waals surface area contributed by atoms with Crippen LogP contribution < -0.4 is 10.6 Å². The lowest BCUT2D eigenvalue weighted by Gasteiger charge is -2.32. The molecule has 8 heteroatoms. The number of alkyl halides is 3. The average molecular weight is 364 g/mol. The van der Waals surface area contributed by atoms with Crippen LogP contribution in [0.3, 0.4) is 0 Å². The zero-order valence-corrected chi connectivity index (χ0v) is 15.6. The van der Waals surface area contributed by atoms with Crippen LogP contribution in [0, 0.1) is 11.8 Å². The Balaban J connectivity index is 2.53. The number of nitrogens with one attached hydrogen (secondary N) is 2. The SMILES string of the molecule is CCNC(=NCC(=O)N(C)CC(F)(F)F)NC1CCC(C(C)C)CC1. The van der Waals surface area contributed by atoms with E-state index in [4.69, 9.17) is 0 Å². The summed E-state index contributed by atoms with van der Waals surface area (Å²) in [4.78, 5) is 16.6. The van der Waals surface area contributed by atoms with Crippen molar-refractivity contribution in [2.24, 2.45) is 16.8 Å². The predicted octanol–water partition coefficient (Wildman–Crippen LogP) is 2.78. The molecule has 0 bridgehead atoms. The summed E-state index contributed by atoms with van der Waals surface area (Å²) in [5.41, 5.74) is 0. The van der Waals surface area contributed by atoms with Gasteiger partial charge in [-0.3, -0.25) is 4.79 Å². The monoisotopic (exact) mass is 364 g/mol. The molecule has 1 rings (SSSR count). The van der Waals surface area contributed by atoms with Crippen molar-refractivity contribution in [2.45, 2.75) is 58.7 Å². The zero-order chi connectivity index (χ0) is 19.0. The first-order valence-electron chi connectivity index (χ1n) is 8.98. The van der Waals surface area contributed by atoms with E-state index in [0.717, 1.165) is 38.6 Å². The van der Waals surface area contributed by atoms with E-state index in [0.29, 0.717) is 23.3 Å². The second-order valence-electron chi connectivity index (χ2n) is 7.06. The highest BCUT2D eigenvalue weighted by molar-refractivity contribution is 5.85. The van der Waals surface area contributed by atoms with E-state index < -0.39 is 18.6 Å². The lowest BCUT2D eigenvalue weighted by molar-refractivity contribution is -0.157. The van der Waals surface area contributed by atoms with Crippen molar-refractivity contribution < 1.29 is 18.0 Å². The van der Waals surface area contributed by atoms with Gasteiger partial charge in [0, 0.05) is 19.6 Å². The molecule has 146 valence electrons. The van der Waals surface area contributed by atoms with Gasteiger partial charge in [-0.1, -0.05) is 13.8 Å². The van der Waals surface area contributed by atoms with Crippen LogP contribution in [0.2, 0.25) is 0 Å². The van der Waals surface area contributed by atoms with Gasteiger partial charge in [0.2, 0.25) is 5.91 Å². The minimum Gasteiger partial charge on any atom is -0.357 e. The fourth-order valence-corrected chi connectivity index (χ4v) is 3.07. The lowest BCUT2D eigenvalue weighted by Crippen LogP contribution is -2.46. The van der Waals surface area contributed by atoms with E-state index in [1.807, 2.05) is 6.92 Å². The van der Waals surface area contributed by atoms with E-state index in [1.54, 1.807) is 0 Å². The Kier molecular flexibility index (Phi) is 8.52. The summed E-state index contributed by atoms with van der Waals surface area (Å²) in [5.74, 6) is 1.27. The molecule has 0 aromatic heterocycles. The first-order chi connectivity index (χ1) is 11.6. The van der Waals surface area contributed by atoms with Crippen LogP contribution in [0.25, 0.3) is 0 Å². The molecular formula is C17H31F3N4O. The average Bonchev–Trinajstić information content (AvgIpc) is 2.51. The van der Waals surface area contributed by atoms with Crippen LogP contribution in [-0.4, -0.2) is 55.7 Å². The first-order valence-corrected chi connectivity index (χ1v) is 8.98. The molecule has 0 saturated heterocycles. The summed E-state index contributed by atoms with van der Waals surface area (Å²) >= 11 is 0. The minimum atomic E-state index is -4.40. The van der Waals surface area contributed by atoms with Crippen LogP contribution in [0.5, 0.6) is 0 Å². The molecule has 25 heavy (non-hydrogen) atoms. The number of carbonyl (C=O) groups excluding carboxylic acids is 1. The number of guanidine groups is 1. The number of hydrogen-bond acceptors (Lipinski definition) is 2. The third-order valence-electron chi connectivity index (χ3n) is 4.61. The second-order valence-corrected chi connectivity index (χ2v) is 7.06. The molecule has 0 unspecified atom stereocenters. The molecular weight excluding hydrogens is 333 g/mol. The molecule has 5 nitrogen and oxygen atoms in total. The lowest BCUT2D eigenvalue weighted by atomic mass is 9.80. The minimum absolute atomic E-state index is 0.288. The predicted molar refractivity (Wildman–Crippen MR) is 93.4 cm³/mol. The fraction of sp³-hybridized carbons (Fsp3) is 0.882. The summed E-state index contributed by atoms with van der Waals surface area (Å²) in [6.45, 7) is 5.46. The van der Waals surface area contributed by atoms with Crippen molar-refractivity contribution >= 4 is 11.9 Å². The third kappa shape index (κ3) is 8.45. The molecule has 0 aliphatic heterocycles. The Labute approximate surface area is 148 Å². The van der Waals surface area contributed by atoms with Crippen LogP contribution in [0.1, 0.15) is 46.5 Å². The summed E-state index contributed by atoms with van der Waals surface area (Å²) in [5, 5.41) is 6.36. The van der Waals surface area contributed by atoms with Crippen molar-refractivity contribution in [2.75, 3.05) is 26.7 Å². The van der Waals surface area contributed by atoms with Gasteiger partial charge < -0.3 is 15.5 Å². The van der Waals surface area contributed by atoms with Crippen molar-refractivity contribution in [3.8, 4) is 0 Å². The Hall–Kier alpha value is -1.47. The third-order valence-corrected chi connectivity index (χ3v) is 4.61. The maximum absolute atomic E-state index is 12.3. The van der Waals surface area contributed by atoms with Gasteiger partial charge in [-0.05, 0) is 44.4 Å². The summed E-state index contributed by atoms with van der Waals surface area (Å²) < 4.78 is 37.0. The molecule has 1 aliphatic carbocycles. The zero-order valence-electron chi connectivity index (χ0n) is 15.6. The van der Waals surface area contributed by atoms with Gasteiger partial charge in [0.25, 0.3) is 0 Å². The van der Waals surface area contributed by atoms with Crippen LogP contribution >= 0.6 is 0 Å². The van der Waals surface area contributed by atoms with Gasteiger partial charge in [-0.15, -0.1) is 0 Å². The van der Waals surface area contributed by atoms with Crippen LogP contribution in [0.15, 0.2) is 4.99 Å². The molecule has 1 saturated carbocycles. The van der Waals surface area contributed by atoms with E-state index in [1.165, 1.54) is 0 Å². The summed E-state index contributed by atoms with van der Waals surface area (Å²) in [6.07, 6.45) is -0.0136. The molecule has 0 spiro atoms. The second kappa shape index (κ2) is 9.87. The van der Waals surface area contributed by atoms with Gasteiger partial charge in [0.05, 0.1) is 0 Å². The van der Waals surface area contributed by atoms with Crippen LogP contribution in [-0.2, 0) is 4.79 Å². The Morgan fingerprint density at radius 3 is 2.32 bits per heavy atom. The van der Waals surface area contributed by atoms with Gasteiger partial charge in [-0.2, -0.15) is 13.2 Å². The molecule has 1 aliphatic rings. The number of carbonyl (C=O) groups is 1. The molecule has 0 radical (unpaired) electrons. The number of nitrogens with zero attached hydrogens (tertiary/aromatic N) is 2. The van der Waals surface area contributed by atoms with Crippen molar-refractivity contribution in [1.29, 1.82) is 0 Å². The maximum Gasteiger partial charge on any atom is 0.406 e. The maximum atomic E-state index is 12.3. The molecule has 0 atom stereocenters. The Bertz CT molecular complexity index is 444. The first kappa shape index (κ1) is 21.6. The molecule has 2 N–H and O–H groups in total. The highest BCUT2D eigenvalue weighted by Gasteiger charge is 2.31. The summed E-state index contributed by atoms with van der Waals surface area (Å²) in [6, 6.07) is 0.288. The van der Waals surface area contributed by atoms with Crippen molar-refractivity contribution in [3.63, 3.8) is 0 Å². The number of halogens is 3. The van der Waals surface area contributed by atoms with Crippen molar-refractivity contribution in [1.82, 2.24) is 15.5 Å². The normalized spacial score (nSPS) is 22.0. The fourth-order valence-electron chi connectivity index (χ4n) is 3.07. The molecule has 0 aromatic rings. The quantitative estimate of drug-likeness (QED) is 0.563. The number of rotatable bonds is 6. The Morgan fingerprint density at radius 1 is 1.24 bits per heavy atom. The van der Waals surface area contributed by atoms with Gasteiger partial charge >= 0.3 is 6.18 Å². The standard InChI is InChI=1S/C17H31F3N4O/c1-5-21-16(22-10-15(25)24(4)11-17(18,19)20)23-14-8-6-13(7-9-14)12(2)3/h12-14H,5-11H2,1-4H3,(H2,21,22,23). The van der Waals surface area contributed by atoms with E-state index in [2.05, 4.69) is 29.5 Å². The molecule has 1 amide bonds. The highest BCUT2D eigenvalue weighted by atomic mass is 19.4. The highest BCUT2D eigenvalue weighted by Crippen LogP contribution is 2.29. The number of hydrogen-bond donors (Lipinski definition) is 2. The van der Waals surface area contributed by atoms with Gasteiger partial charge in [0.1, 0.15) is 13.1 Å². The largest absolute Gasteiger partial charge is 0.406 e. The molecule has 0 aromatic carbocycles. The van der Waals surface area contributed by atoms with Gasteiger partial charge in [-0.25, -0.2) is 4.99 Å². The molecule has 1 fully saturated rings. The van der Waals surface area contributed by atoms with Crippen molar-refractivity contribution in [3.05, 3.63) is 0 Å². The van der Waals surface area contributed by atoms with E-state index in [-0.39, 0.29) is 12.6 Å². The van der Waals surface area contributed by atoms with E-state index >= 15 is 0 Å². The Morgan fingerprint density at radius 2 is 1.84 bits per heavy atom. The molecule has 0 heterocycles. The smallest absolute Gasteiger partial charge is 0.357 e. The topological polar surface area (TPSA) is 56.7 Å². The summed E-state index contributed by atoms with van der Waals surface area (Å²) in [7, 11) is 1.14. The number of amides is 1. The van der Waals surface area contributed by atoms with Gasteiger partial charge in [0.15, 0.2) is 5.96 Å².